The number of hydrogen-bond acceptors (Lipinski definition) is 5. The van der Waals surface area contributed by atoms with Crippen molar-refractivity contribution < 1.29 is 4.79 Å². The van der Waals surface area contributed by atoms with Crippen molar-refractivity contribution in [1.29, 1.82) is 0 Å². The molecule has 4 aromatic rings. The summed E-state index contributed by atoms with van der Waals surface area (Å²) in [6, 6.07) is 18.1. The summed E-state index contributed by atoms with van der Waals surface area (Å²) >= 11 is 15.4. The number of nitrogens with zero attached hydrogens (tertiary/aromatic N) is 2. The number of rotatable bonds is 8. The van der Waals surface area contributed by atoms with Gasteiger partial charge in [-0.05, 0) is 78.0 Å². The van der Waals surface area contributed by atoms with E-state index in [2.05, 4.69) is 53.0 Å². The summed E-state index contributed by atoms with van der Waals surface area (Å²) in [5.41, 5.74) is 5.37. The van der Waals surface area contributed by atoms with Crippen molar-refractivity contribution in [1.82, 2.24) is 9.88 Å². The molecule has 4 rings (SSSR count). The van der Waals surface area contributed by atoms with Crippen molar-refractivity contribution in [3.8, 4) is 20.9 Å². The first-order valence-electron chi connectivity index (χ1n) is 10.1. The second kappa shape index (κ2) is 10.6. The summed E-state index contributed by atoms with van der Waals surface area (Å²) in [6.45, 7) is 2.66. The molecule has 2 aromatic heterocycles. The van der Waals surface area contributed by atoms with Gasteiger partial charge in [0.1, 0.15) is 0 Å². The Morgan fingerprint density at radius 1 is 1.03 bits per heavy atom. The molecule has 0 aliphatic rings. The maximum absolute atomic E-state index is 11.0. The van der Waals surface area contributed by atoms with E-state index in [0.717, 1.165) is 38.6 Å². The molecule has 2 aromatic carbocycles. The molecule has 0 unspecified atom stereocenters. The van der Waals surface area contributed by atoms with Gasteiger partial charge in [-0.3, -0.25) is 9.78 Å². The number of nitrogens with one attached hydrogen (secondary N) is 1. The Hall–Kier alpha value is -2.51. The number of benzene rings is 2. The highest BCUT2D eigenvalue weighted by Gasteiger charge is 2.10. The molecule has 8 heteroatoms. The van der Waals surface area contributed by atoms with Gasteiger partial charge in [0.15, 0.2) is 0 Å². The lowest BCUT2D eigenvalue weighted by Crippen LogP contribution is -2.15. The number of aromatic nitrogens is 1. The van der Waals surface area contributed by atoms with Gasteiger partial charge in [0.2, 0.25) is 6.41 Å². The number of hydrogen-bond donors (Lipinski definition) is 1. The first-order valence-corrected chi connectivity index (χ1v) is 12.5. The Labute approximate surface area is 211 Å². The zero-order valence-corrected chi connectivity index (χ0v) is 21.2. The molecule has 0 fully saturated rings. The van der Waals surface area contributed by atoms with Crippen LogP contribution in [0, 0.1) is 6.92 Å². The van der Waals surface area contributed by atoms with E-state index in [4.69, 9.17) is 23.2 Å². The van der Waals surface area contributed by atoms with E-state index < -0.39 is 0 Å². The highest BCUT2D eigenvalue weighted by molar-refractivity contribution is 8.00. The molecular weight excluding hydrogens is 493 g/mol. The minimum Gasteiger partial charge on any atom is -0.344 e. The summed E-state index contributed by atoms with van der Waals surface area (Å²) in [7, 11) is 1.79. The van der Waals surface area contributed by atoms with E-state index in [9.17, 15) is 4.79 Å². The smallest absolute Gasteiger partial charge is 0.209 e. The second-order valence-corrected chi connectivity index (χ2v) is 10.3. The molecular formula is C25H21Cl2N3OS2. The van der Waals surface area contributed by atoms with Crippen molar-refractivity contribution in [3.63, 3.8) is 0 Å². The maximum atomic E-state index is 11.0. The predicted octanol–water partition coefficient (Wildman–Crippen LogP) is 7.80. The molecule has 4 nitrogen and oxygen atoms in total. The van der Waals surface area contributed by atoms with Crippen LogP contribution in [0.25, 0.3) is 20.9 Å². The van der Waals surface area contributed by atoms with Crippen LogP contribution in [0.4, 0.5) is 5.69 Å². The van der Waals surface area contributed by atoms with Crippen LogP contribution in [0.1, 0.15) is 11.1 Å². The fourth-order valence-corrected chi connectivity index (χ4v) is 5.39. The van der Waals surface area contributed by atoms with Crippen LogP contribution in [-0.2, 0) is 11.3 Å². The largest absolute Gasteiger partial charge is 0.344 e. The molecule has 1 N–H and O–H groups in total. The van der Waals surface area contributed by atoms with Crippen LogP contribution in [0.5, 0.6) is 0 Å². The summed E-state index contributed by atoms with van der Waals surface area (Å²) in [6.07, 6.45) is 4.49. The third kappa shape index (κ3) is 5.89. The van der Waals surface area contributed by atoms with Gasteiger partial charge in [-0.25, -0.2) is 0 Å². The van der Waals surface area contributed by atoms with Crippen molar-refractivity contribution >= 4 is 58.6 Å². The van der Waals surface area contributed by atoms with Crippen molar-refractivity contribution in [2.45, 2.75) is 18.4 Å². The molecule has 0 radical (unpaired) electrons. The molecule has 0 spiro atoms. The quantitative estimate of drug-likeness (QED) is 0.193. The Kier molecular flexibility index (Phi) is 7.60. The highest BCUT2D eigenvalue weighted by Crippen LogP contribution is 2.36. The molecule has 0 bridgehead atoms. The zero-order valence-electron chi connectivity index (χ0n) is 18.0. The van der Waals surface area contributed by atoms with Crippen LogP contribution < -0.4 is 4.72 Å². The number of anilines is 1. The van der Waals surface area contributed by atoms with E-state index in [1.54, 1.807) is 35.5 Å². The molecule has 0 aliphatic heterocycles. The lowest BCUT2D eigenvalue weighted by atomic mass is 10.0. The minimum absolute atomic E-state index is 0.592. The Morgan fingerprint density at radius 3 is 2.58 bits per heavy atom. The lowest BCUT2D eigenvalue weighted by Gasteiger charge is -2.13. The topological polar surface area (TPSA) is 45.2 Å². The first kappa shape index (κ1) is 23.6. The van der Waals surface area contributed by atoms with Crippen molar-refractivity contribution in [2.75, 3.05) is 11.8 Å². The Balaban J connectivity index is 1.52. The SMILES string of the molecule is Cc1ccc(-c2ccc(-c3cncc(NSc4ccc(Cl)cc4Cl)c3)s2)cc1CN(C)C=O. The summed E-state index contributed by atoms with van der Waals surface area (Å²) in [5, 5.41) is 1.21. The second-order valence-electron chi connectivity index (χ2n) is 7.57. The highest BCUT2D eigenvalue weighted by atomic mass is 35.5. The predicted molar refractivity (Wildman–Crippen MR) is 141 cm³/mol. The van der Waals surface area contributed by atoms with Gasteiger partial charge in [-0.1, -0.05) is 35.3 Å². The van der Waals surface area contributed by atoms with Crippen LogP contribution in [-0.4, -0.2) is 23.3 Å². The zero-order chi connectivity index (χ0) is 23.4. The number of pyridine rings is 1. The van der Waals surface area contributed by atoms with Crippen LogP contribution in [0.15, 0.2) is 71.9 Å². The molecule has 0 atom stereocenters. The molecule has 33 heavy (non-hydrogen) atoms. The monoisotopic (exact) mass is 513 g/mol. The summed E-state index contributed by atoms with van der Waals surface area (Å²) in [4.78, 5) is 20.2. The van der Waals surface area contributed by atoms with Crippen LogP contribution in [0.3, 0.4) is 0 Å². The van der Waals surface area contributed by atoms with Crippen LogP contribution in [0.2, 0.25) is 10.0 Å². The number of carbonyl (C=O) groups is 1. The number of amides is 1. The number of halogens is 2. The Bertz CT molecular complexity index is 1290. The summed E-state index contributed by atoms with van der Waals surface area (Å²) in [5.74, 6) is 0. The summed E-state index contributed by atoms with van der Waals surface area (Å²) < 4.78 is 3.31. The standard InChI is InChI=1S/C25H21Cl2N3OS2/c1-16-3-4-17(9-19(16)14-30(2)15-31)23-7-8-24(32-23)18-10-21(13-28-12-18)29-33-25-6-5-20(26)11-22(25)27/h3-13,15,29H,14H2,1-2H3. The molecule has 0 saturated heterocycles. The third-order valence-corrected chi connectivity index (χ3v) is 7.79. The minimum atomic E-state index is 0.592. The van der Waals surface area contributed by atoms with Gasteiger partial charge in [-0.15, -0.1) is 11.3 Å². The lowest BCUT2D eigenvalue weighted by molar-refractivity contribution is -0.117. The Morgan fingerprint density at radius 2 is 1.82 bits per heavy atom. The number of aryl methyl sites for hydroxylation is 1. The maximum Gasteiger partial charge on any atom is 0.209 e. The van der Waals surface area contributed by atoms with Crippen molar-refractivity contribution in [3.05, 3.63) is 88.2 Å². The molecule has 2 heterocycles. The average molecular weight is 515 g/mol. The van der Waals surface area contributed by atoms with Gasteiger partial charge in [0.25, 0.3) is 0 Å². The van der Waals surface area contributed by atoms with Gasteiger partial charge < -0.3 is 9.62 Å². The number of thiophene rings is 1. The van der Waals surface area contributed by atoms with Gasteiger partial charge in [-0.2, -0.15) is 0 Å². The van der Waals surface area contributed by atoms with Crippen LogP contribution >= 0.6 is 46.5 Å². The van der Waals surface area contributed by atoms with E-state index in [1.807, 2.05) is 18.3 Å². The van der Waals surface area contributed by atoms with E-state index in [-0.39, 0.29) is 0 Å². The first-order chi connectivity index (χ1) is 15.9. The molecule has 168 valence electrons. The fourth-order valence-electron chi connectivity index (χ4n) is 3.25. The molecule has 0 aliphatic carbocycles. The van der Waals surface area contributed by atoms with E-state index in [0.29, 0.717) is 16.6 Å². The average Bonchev–Trinajstić information content (AvgIpc) is 3.30. The third-order valence-electron chi connectivity index (χ3n) is 5.03. The van der Waals surface area contributed by atoms with E-state index in [1.165, 1.54) is 22.4 Å². The van der Waals surface area contributed by atoms with Crippen molar-refractivity contribution in [2.24, 2.45) is 0 Å². The van der Waals surface area contributed by atoms with E-state index >= 15 is 0 Å². The normalized spacial score (nSPS) is 10.8. The number of carbonyl (C=O) groups excluding carboxylic acids is 1. The molecule has 1 amide bonds. The van der Waals surface area contributed by atoms with Gasteiger partial charge in [0, 0.05) is 45.0 Å². The van der Waals surface area contributed by atoms with Gasteiger partial charge in [0.05, 0.1) is 16.9 Å². The van der Waals surface area contributed by atoms with Gasteiger partial charge >= 0.3 is 0 Å². The fraction of sp³-hybridized carbons (Fsp3) is 0.120. The molecule has 0 saturated carbocycles.